The number of nitrogens with zero attached hydrogens (tertiary/aromatic N) is 3. The average Bonchev–Trinajstić information content (AvgIpc) is 2.74. The van der Waals surface area contributed by atoms with Crippen molar-refractivity contribution in [3.8, 4) is 0 Å². The van der Waals surface area contributed by atoms with Crippen LogP contribution in [0.25, 0.3) is 11.0 Å². The molecule has 0 unspecified atom stereocenters. The van der Waals surface area contributed by atoms with Crippen LogP contribution in [-0.2, 0) is 6.54 Å². The van der Waals surface area contributed by atoms with Crippen molar-refractivity contribution in [2.24, 2.45) is 0 Å². The molecule has 0 aliphatic heterocycles. The van der Waals surface area contributed by atoms with E-state index in [0.717, 1.165) is 30.7 Å². The summed E-state index contributed by atoms with van der Waals surface area (Å²) in [5.74, 6) is 0. The number of hydrogen-bond donors (Lipinski definition) is 2. The van der Waals surface area contributed by atoms with Crippen molar-refractivity contribution in [2.75, 3.05) is 20.1 Å². The summed E-state index contributed by atoms with van der Waals surface area (Å²) >= 11 is 0. The van der Waals surface area contributed by atoms with Crippen LogP contribution >= 0.6 is 0 Å². The van der Waals surface area contributed by atoms with E-state index in [-0.39, 0.29) is 5.54 Å². The molecule has 2 rings (SSSR count). The summed E-state index contributed by atoms with van der Waals surface area (Å²) < 4.78 is 0. The maximum atomic E-state index is 4.11. The van der Waals surface area contributed by atoms with Crippen LogP contribution in [0.2, 0.25) is 0 Å². The van der Waals surface area contributed by atoms with Gasteiger partial charge in [0.05, 0.1) is 0 Å². The van der Waals surface area contributed by atoms with Crippen LogP contribution in [0.5, 0.6) is 0 Å². The van der Waals surface area contributed by atoms with Crippen molar-refractivity contribution in [2.45, 2.75) is 32.9 Å². The molecule has 0 saturated heterocycles. The van der Waals surface area contributed by atoms with E-state index in [1.54, 1.807) is 0 Å². The monoisotopic (exact) mass is 261 g/mol. The molecular weight excluding hydrogens is 238 g/mol. The van der Waals surface area contributed by atoms with Gasteiger partial charge >= 0.3 is 0 Å². The summed E-state index contributed by atoms with van der Waals surface area (Å²) in [6, 6.07) is 6.21. The van der Waals surface area contributed by atoms with E-state index in [2.05, 4.69) is 65.6 Å². The van der Waals surface area contributed by atoms with Crippen molar-refractivity contribution in [1.29, 1.82) is 0 Å². The number of hydrogen-bond acceptors (Lipinski definition) is 4. The summed E-state index contributed by atoms with van der Waals surface area (Å²) in [6.07, 6.45) is 0. The molecule has 0 fully saturated rings. The van der Waals surface area contributed by atoms with Crippen molar-refractivity contribution >= 4 is 11.0 Å². The molecule has 0 saturated carbocycles. The van der Waals surface area contributed by atoms with Crippen LogP contribution in [0.4, 0.5) is 0 Å². The molecule has 1 heterocycles. The lowest BCUT2D eigenvalue weighted by Gasteiger charge is -2.23. The molecule has 1 aromatic carbocycles. The summed E-state index contributed by atoms with van der Waals surface area (Å²) in [6.45, 7) is 9.50. The van der Waals surface area contributed by atoms with E-state index in [1.165, 1.54) is 5.56 Å². The van der Waals surface area contributed by atoms with Crippen molar-refractivity contribution in [1.82, 2.24) is 25.6 Å². The molecule has 0 radical (unpaired) electrons. The molecule has 1 aromatic heterocycles. The van der Waals surface area contributed by atoms with E-state index in [0.29, 0.717) is 0 Å². The van der Waals surface area contributed by atoms with Crippen LogP contribution in [0.1, 0.15) is 26.3 Å². The van der Waals surface area contributed by atoms with Gasteiger partial charge in [-0.1, -0.05) is 6.07 Å². The highest BCUT2D eigenvalue weighted by molar-refractivity contribution is 5.74. The van der Waals surface area contributed by atoms with E-state index in [4.69, 9.17) is 0 Å². The van der Waals surface area contributed by atoms with Crippen LogP contribution < -0.4 is 5.32 Å². The molecule has 19 heavy (non-hydrogen) atoms. The second kappa shape index (κ2) is 5.67. The van der Waals surface area contributed by atoms with E-state index < -0.39 is 0 Å². The van der Waals surface area contributed by atoms with Gasteiger partial charge in [-0.25, -0.2) is 0 Å². The Balaban J connectivity index is 1.86. The molecule has 0 aliphatic carbocycles. The highest BCUT2D eigenvalue weighted by atomic mass is 15.3. The fourth-order valence-corrected chi connectivity index (χ4v) is 2.00. The molecule has 0 aliphatic rings. The predicted molar refractivity (Wildman–Crippen MR) is 78.0 cm³/mol. The molecule has 0 amide bonds. The molecule has 5 heteroatoms. The Labute approximate surface area is 114 Å². The number of likely N-dealkylation sites (N-methyl/N-ethyl adjacent to an activating group) is 1. The Kier molecular flexibility index (Phi) is 4.17. The molecule has 5 nitrogen and oxygen atoms in total. The van der Waals surface area contributed by atoms with Crippen molar-refractivity contribution in [3.63, 3.8) is 0 Å². The van der Waals surface area contributed by atoms with Gasteiger partial charge in [0.2, 0.25) is 0 Å². The summed E-state index contributed by atoms with van der Waals surface area (Å²) in [5.41, 5.74) is 3.29. The first-order chi connectivity index (χ1) is 8.94. The topological polar surface area (TPSA) is 56.8 Å². The lowest BCUT2D eigenvalue weighted by Crippen LogP contribution is -2.40. The van der Waals surface area contributed by atoms with Crippen LogP contribution in [0.15, 0.2) is 18.2 Å². The van der Waals surface area contributed by atoms with Gasteiger partial charge in [0, 0.05) is 25.2 Å². The van der Waals surface area contributed by atoms with Gasteiger partial charge in [-0.3, -0.25) is 0 Å². The van der Waals surface area contributed by atoms with E-state index in [9.17, 15) is 0 Å². The Bertz CT molecular complexity index is 526. The molecule has 2 N–H and O–H groups in total. The Morgan fingerprint density at radius 3 is 2.68 bits per heavy atom. The Morgan fingerprint density at radius 2 is 1.95 bits per heavy atom. The standard InChI is InChI=1S/C14H23N5/c1-14(2,3)15-7-8-19(4)10-11-5-6-12-13(9-11)17-18-16-12/h5-6,9,15H,7-8,10H2,1-4H3,(H,16,17,18). The number of nitrogens with one attached hydrogen (secondary N) is 2. The Hall–Kier alpha value is -1.46. The minimum absolute atomic E-state index is 0.181. The number of aromatic amines is 1. The van der Waals surface area contributed by atoms with E-state index >= 15 is 0 Å². The van der Waals surface area contributed by atoms with E-state index in [1.807, 2.05) is 6.07 Å². The summed E-state index contributed by atoms with van der Waals surface area (Å²) in [5, 5.41) is 14.3. The van der Waals surface area contributed by atoms with Crippen molar-refractivity contribution in [3.05, 3.63) is 23.8 Å². The highest BCUT2D eigenvalue weighted by Gasteiger charge is 2.09. The quantitative estimate of drug-likeness (QED) is 0.861. The van der Waals surface area contributed by atoms with Crippen LogP contribution in [0.3, 0.4) is 0 Å². The maximum Gasteiger partial charge on any atom is 0.113 e. The second-order valence-electron chi connectivity index (χ2n) is 6.06. The average molecular weight is 261 g/mol. The second-order valence-corrected chi connectivity index (χ2v) is 6.06. The third-order valence-corrected chi connectivity index (χ3v) is 2.98. The molecular formula is C14H23N5. The fraction of sp³-hybridized carbons (Fsp3) is 0.571. The van der Waals surface area contributed by atoms with Gasteiger partial charge in [0.15, 0.2) is 0 Å². The molecule has 0 spiro atoms. The SMILES string of the molecule is CN(CCNC(C)(C)C)Cc1ccc2n[nH]nc2c1. The first kappa shape index (κ1) is 14.0. The van der Waals surface area contributed by atoms with Gasteiger partial charge < -0.3 is 10.2 Å². The first-order valence-corrected chi connectivity index (χ1v) is 6.67. The molecule has 0 atom stereocenters. The number of rotatable bonds is 5. The fourth-order valence-electron chi connectivity index (χ4n) is 2.00. The zero-order chi connectivity index (χ0) is 13.9. The third kappa shape index (κ3) is 4.29. The zero-order valence-corrected chi connectivity index (χ0v) is 12.2. The number of benzene rings is 1. The molecule has 0 bridgehead atoms. The van der Waals surface area contributed by atoms with Crippen LogP contribution in [0, 0.1) is 0 Å². The zero-order valence-electron chi connectivity index (χ0n) is 12.2. The minimum Gasteiger partial charge on any atom is -0.311 e. The Morgan fingerprint density at radius 1 is 1.21 bits per heavy atom. The van der Waals surface area contributed by atoms with Gasteiger partial charge in [-0.15, -0.1) is 0 Å². The van der Waals surface area contributed by atoms with Gasteiger partial charge in [-0.2, -0.15) is 15.4 Å². The van der Waals surface area contributed by atoms with Gasteiger partial charge in [0.1, 0.15) is 11.0 Å². The first-order valence-electron chi connectivity index (χ1n) is 6.67. The van der Waals surface area contributed by atoms with Gasteiger partial charge in [-0.05, 0) is 45.5 Å². The van der Waals surface area contributed by atoms with Gasteiger partial charge in [0.25, 0.3) is 0 Å². The maximum absolute atomic E-state index is 4.11. The smallest absolute Gasteiger partial charge is 0.113 e. The van der Waals surface area contributed by atoms with Crippen molar-refractivity contribution < 1.29 is 0 Å². The van der Waals surface area contributed by atoms with Crippen LogP contribution in [-0.4, -0.2) is 46.0 Å². The molecule has 104 valence electrons. The number of fused-ring (bicyclic) bond motifs is 1. The molecule has 2 aromatic rings. The highest BCUT2D eigenvalue weighted by Crippen LogP contribution is 2.11. The number of H-pyrrole nitrogens is 1. The predicted octanol–water partition coefficient (Wildman–Crippen LogP) is 1.78. The minimum atomic E-state index is 0.181. The third-order valence-electron chi connectivity index (χ3n) is 2.98. The number of aromatic nitrogens is 3. The lowest BCUT2D eigenvalue weighted by molar-refractivity contribution is 0.303. The lowest BCUT2D eigenvalue weighted by atomic mass is 10.1. The summed E-state index contributed by atoms with van der Waals surface area (Å²) in [4.78, 5) is 2.31. The largest absolute Gasteiger partial charge is 0.311 e. The normalized spacial score (nSPS) is 12.5. The summed E-state index contributed by atoms with van der Waals surface area (Å²) in [7, 11) is 2.14.